The molecule has 1 aromatic carbocycles. The molecule has 2 rings (SSSR count). The van der Waals surface area contributed by atoms with Crippen LogP contribution >= 0.6 is 15.9 Å². The quantitative estimate of drug-likeness (QED) is 0.916. The van der Waals surface area contributed by atoms with Crippen molar-refractivity contribution in [2.45, 2.75) is 38.8 Å². The summed E-state index contributed by atoms with van der Waals surface area (Å²) in [6.45, 7) is 4.47. The molecule has 0 radical (unpaired) electrons. The molecule has 0 unspecified atom stereocenters. The third-order valence-electron chi connectivity index (χ3n) is 4.04. The van der Waals surface area contributed by atoms with Gasteiger partial charge in [-0.05, 0) is 30.5 Å². The molecular weight excluding hydrogens is 320 g/mol. The Balaban J connectivity index is 2.34. The maximum atomic E-state index is 12.3. The smallest absolute Gasteiger partial charge is 0.246 e. The maximum absolute atomic E-state index is 12.3. The van der Waals surface area contributed by atoms with Crippen LogP contribution in [-0.4, -0.2) is 28.8 Å². The molecule has 1 heterocycles. The summed E-state index contributed by atoms with van der Waals surface area (Å²) < 4.78 is 0.975. The van der Waals surface area contributed by atoms with Gasteiger partial charge in [0.1, 0.15) is 5.54 Å². The van der Waals surface area contributed by atoms with Crippen LogP contribution in [0.25, 0.3) is 0 Å². The van der Waals surface area contributed by atoms with Gasteiger partial charge in [0.2, 0.25) is 11.8 Å². The number of benzene rings is 1. The van der Waals surface area contributed by atoms with E-state index in [0.717, 1.165) is 10.0 Å². The highest BCUT2D eigenvalue weighted by molar-refractivity contribution is 9.10. The fourth-order valence-corrected chi connectivity index (χ4v) is 3.23. The molecule has 4 nitrogen and oxygen atoms in total. The lowest BCUT2D eigenvalue weighted by Crippen LogP contribution is -2.66. The lowest BCUT2D eigenvalue weighted by molar-refractivity contribution is -0.155. The first kappa shape index (κ1) is 15.0. The Labute approximate surface area is 127 Å². The van der Waals surface area contributed by atoms with Gasteiger partial charge in [-0.2, -0.15) is 0 Å². The zero-order valence-corrected chi connectivity index (χ0v) is 13.4. The number of carbonyl (C=O) groups excluding carboxylic acids is 2. The molecule has 1 N–H and O–H groups in total. The molecule has 2 amide bonds. The van der Waals surface area contributed by atoms with Gasteiger partial charge >= 0.3 is 0 Å². The molecule has 1 fully saturated rings. The van der Waals surface area contributed by atoms with Gasteiger partial charge in [0.15, 0.2) is 0 Å². The van der Waals surface area contributed by atoms with Crippen LogP contribution in [-0.2, 0) is 16.1 Å². The molecule has 108 valence electrons. The van der Waals surface area contributed by atoms with Crippen molar-refractivity contribution in [2.24, 2.45) is 0 Å². The van der Waals surface area contributed by atoms with E-state index in [9.17, 15) is 9.59 Å². The lowest BCUT2D eigenvalue weighted by Gasteiger charge is -2.45. The summed E-state index contributed by atoms with van der Waals surface area (Å²) in [4.78, 5) is 26.3. The molecule has 0 saturated carbocycles. The summed E-state index contributed by atoms with van der Waals surface area (Å²) in [5.41, 5.74) is 0.297. The monoisotopic (exact) mass is 338 g/mol. The molecule has 20 heavy (non-hydrogen) atoms. The first-order chi connectivity index (χ1) is 9.53. The van der Waals surface area contributed by atoms with Gasteiger partial charge in [-0.1, -0.05) is 41.9 Å². The van der Waals surface area contributed by atoms with E-state index >= 15 is 0 Å². The summed E-state index contributed by atoms with van der Waals surface area (Å²) >= 11 is 3.43. The summed E-state index contributed by atoms with van der Waals surface area (Å²) in [6.07, 6.45) is 1.24. The summed E-state index contributed by atoms with van der Waals surface area (Å²) in [7, 11) is 0. The van der Waals surface area contributed by atoms with Crippen LogP contribution in [0.3, 0.4) is 0 Å². The predicted octanol–water partition coefficient (Wildman–Crippen LogP) is 2.47. The molecule has 1 aromatic rings. The minimum atomic E-state index is -0.725. The van der Waals surface area contributed by atoms with Gasteiger partial charge in [0.05, 0.1) is 6.54 Å². The van der Waals surface area contributed by atoms with Crippen molar-refractivity contribution in [3.63, 3.8) is 0 Å². The highest BCUT2D eigenvalue weighted by Crippen LogP contribution is 2.29. The standard InChI is InChI=1S/C15H19BrN2O2/c1-3-15(4-2)14(20)17-9-13(19)18(15)10-11-6-5-7-12(16)8-11/h5-8H,3-4,9-10H2,1-2H3,(H,17,20). The number of piperazine rings is 1. The van der Waals surface area contributed by atoms with E-state index in [1.165, 1.54) is 0 Å². The van der Waals surface area contributed by atoms with Gasteiger partial charge in [-0.25, -0.2) is 0 Å². The van der Waals surface area contributed by atoms with Crippen LogP contribution in [0.2, 0.25) is 0 Å². The van der Waals surface area contributed by atoms with Crippen LogP contribution < -0.4 is 5.32 Å². The second-order valence-electron chi connectivity index (χ2n) is 5.03. The van der Waals surface area contributed by atoms with Gasteiger partial charge in [-0.3, -0.25) is 9.59 Å². The molecule has 1 aliphatic rings. The van der Waals surface area contributed by atoms with E-state index in [-0.39, 0.29) is 18.4 Å². The molecule has 0 atom stereocenters. The Morgan fingerprint density at radius 3 is 2.60 bits per heavy atom. The van der Waals surface area contributed by atoms with E-state index in [2.05, 4.69) is 21.2 Å². The zero-order chi connectivity index (χ0) is 14.8. The topological polar surface area (TPSA) is 49.4 Å². The minimum Gasteiger partial charge on any atom is -0.345 e. The number of nitrogens with one attached hydrogen (secondary N) is 1. The van der Waals surface area contributed by atoms with Crippen molar-refractivity contribution in [1.82, 2.24) is 10.2 Å². The van der Waals surface area contributed by atoms with E-state index < -0.39 is 5.54 Å². The fourth-order valence-electron chi connectivity index (χ4n) is 2.79. The molecule has 0 aliphatic carbocycles. The summed E-state index contributed by atoms with van der Waals surface area (Å²) in [5.74, 6) is -0.0645. The number of nitrogens with zero attached hydrogens (tertiary/aromatic N) is 1. The fraction of sp³-hybridized carbons (Fsp3) is 0.467. The highest BCUT2D eigenvalue weighted by atomic mass is 79.9. The van der Waals surface area contributed by atoms with Gasteiger partial charge in [-0.15, -0.1) is 0 Å². The van der Waals surface area contributed by atoms with E-state index in [4.69, 9.17) is 0 Å². The van der Waals surface area contributed by atoms with Crippen molar-refractivity contribution in [3.05, 3.63) is 34.3 Å². The number of rotatable bonds is 4. The molecule has 0 spiro atoms. The Bertz CT molecular complexity index is 526. The lowest BCUT2D eigenvalue weighted by atomic mass is 9.87. The van der Waals surface area contributed by atoms with E-state index in [1.807, 2.05) is 38.1 Å². The van der Waals surface area contributed by atoms with Crippen molar-refractivity contribution < 1.29 is 9.59 Å². The SMILES string of the molecule is CCC1(CC)C(=O)NCC(=O)N1Cc1cccc(Br)c1. The first-order valence-electron chi connectivity index (χ1n) is 6.86. The van der Waals surface area contributed by atoms with Crippen molar-refractivity contribution in [1.29, 1.82) is 0 Å². The number of amides is 2. The molecule has 0 aromatic heterocycles. The second-order valence-corrected chi connectivity index (χ2v) is 5.95. The van der Waals surface area contributed by atoms with Crippen LogP contribution in [0.5, 0.6) is 0 Å². The maximum Gasteiger partial charge on any atom is 0.246 e. The van der Waals surface area contributed by atoms with Gasteiger partial charge in [0, 0.05) is 11.0 Å². The Morgan fingerprint density at radius 1 is 1.30 bits per heavy atom. The zero-order valence-electron chi connectivity index (χ0n) is 11.8. The molecule has 1 saturated heterocycles. The number of hydrogen-bond acceptors (Lipinski definition) is 2. The summed E-state index contributed by atoms with van der Waals surface area (Å²) in [6, 6.07) is 7.84. The second kappa shape index (κ2) is 5.95. The average Bonchev–Trinajstić information content (AvgIpc) is 2.44. The predicted molar refractivity (Wildman–Crippen MR) is 81.0 cm³/mol. The summed E-state index contributed by atoms with van der Waals surface area (Å²) in [5, 5.41) is 2.71. The Hall–Kier alpha value is -1.36. The van der Waals surface area contributed by atoms with Crippen LogP contribution in [0, 0.1) is 0 Å². The normalized spacial score (nSPS) is 18.1. The number of carbonyl (C=O) groups is 2. The van der Waals surface area contributed by atoms with E-state index in [0.29, 0.717) is 19.4 Å². The Morgan fingerprint density at radius 2 is 2.00 bits per heavy atom. The average molecular weight is 339 g/mol. The van der Waals surface area contributed by atoms with Crippen molar-refractivity contribution in [2.75, 3.05) is 6.54 Å². The highest BCUT2D eigenvalue weighted by Gasteiger charge is 2.46. The van der Waals surface area contributed by atoms with Crippen LogP contribution in [0.15, 0.2) is 28.7 Å². The van der Waals surface area contributed by atoms with Crippen molar-refractivity contribution in [3.8, 4) is 0 Å². The first-order valence-corrected chi connectivity index (χ1v) is 7.66. The Kier molecular flexibility index (Phi) is 4.48. The third-order valence-corrected chi connectivity index (χ3v) is 4.53. The number of hydrogen-bond donors (Lipinski definition) is 1. The van der Waals surface area contributed by atoms with E-state index in [1.54, 1.807) is 4.90 Å². The molecule has 5 heteroatoms. The third kappa shape index (κ3) is 2.59. The number of halogens is 1. The van der Waals surface area contributed by atoms with Crippen LogP contribution in [0.1, 0.15) is 32.3 Å². The molecular formula is C15H19BrN2O2. The van der Waals surface area contributed by atoms with Crippen LogP contribution in [0.4, 0.5) is 0 Å². The molecule has 0 bridgehead atoms. The van der Waals surface area contributed by atoms with Gasteiger partial charge in [0.25, 0.3) is 0 Å². The largest absolute Gasteiger partial charge is 0.345 e. The molecule has 1 aliphatic heterocycles. The van der Waals surface area contributed by atoms with Crippen molar-refractivity contribution >= 4 is 27.7 Å². The van der Waals surface area contributed by atoms with Gasteiger partial charge < -0.3 is 10.2 Å². The minimum absolute atomic E-state index is 0.0201.